The van der Waals surface area contributed by atoms with E-state index < -0.39 is 6.09 Å². The number of hydrogen-bond acceptors (Lipinski definition) is 8. The standard InChI is InChI=1S/C20H20ClN3O5S/c1-11(23-19(25)26-2)17-8-15(24-29-17)18-9-22-20(30-18)28-16-6-5-13(7-14(16)21)27-10-12-3-4-12/h5-9,11-12H,3-4,10H2,1-2H3,(H,23,25). The van der Waals surface area contributed by atoms with Crippen molar-refractivity contribution in [2.75, 3.05) is 13.7 Å². The van der Waals surface area contributed by atoms with Gasteiger partial charge in [-0.3, -0.25) is 0 Å². The molecule has 1 N–H and O–H groups in total. The van der Waals surface area contributed by atoms with Gasteiger partial charge in [0.25, 0.3) is 5.19 Å². The van der Waals surface area contributed by atoms with Gasteiger partial charge >= 0.3 is 6.09 Å². The van der Waals surface area contributed by atoms with E-state index in [-0.39, 0.29) is 6.04 Å². The highest BCUT2D eigenvalue weighted by molar-refractivity contribution is 7.16. The summed E-state index contributed by atoms with van der Waals surface area (Å²) in [5.41, 5.74) is 0.589. The van der Waals surface area contributed by atoms with Crippen molar-refractivity contribution in [1.82, 2.24) is 15.5 Å². The lowest BCUT2D eigenvalue weighted by Crippen LogP contribution is -2.25. The predicted molar refractivity (Wildman–Crippen MR) is 111 cm³/mol. The molecule has 0 spiro atoms. The lowest BCUT2D eigenvalue weighted by Gasteiger charge is -2.08. The van der Waals surface area contributed by atoms with Crippen LogP contribution in [0.3, 0.4) is 0 Å². The van der Waals surface area contributed by atoms with Gasteiger partial charge in [-0.2, -0.15) is 0 Å². The Morgan fingerprint density at radius 3 is 2.97 bits per heavy atom. The van der Waals surface area contributed by atoms with Crippen LogP contribution >= 0.6 is 22.9 Å². The van der Waals surface area contributed by atoms with Gasteiger partial charge in [0.1, 0.15) is 17.2 Å². The Hall–Kier alpha value is -2.78. The van der Waals surface area contributed by atoms with Crippen LogP contribution in [0.15, 0.2) is 35.0 Å². The van der Waals surface area contributed by atoms with Crippen LogP contribution in [0.5, 0.6) is 16.7 Å². The van der Waals surface area contributed by atoms with Gasteiger partial charge in [0.05, 0.1) is 35.9 Å². The first-order valence-corrected chi connectivity index (χ1v) is 10.6. The van der Waals surface area contributed by atoms with Gasteiger partial charge in [0.2, 0.25) is 0 Å². The number of carbonyl (C=O) groups is 1. The Morgan fingerprint density at radius 2 is 2.23 bits per heavy atom. The van der Waals surface area contributed by atoms with Crippen LogP contribution in [-0.2, 0) is 4.74 Å². The largest absolute Gasteiger partial charge is 0.493 e. The van der Waals surface area contributed by atoms with Crippen LogP contribution in [0.2, 0.25) is 5.02 Å². The highest BCUT2D eigenvalue weighted by atomic mass is 35.5. The Morgan fingerprint density at radius 1 is 1.40 bits per heavy atom. The molecule has 1 unspecified atom stereocenters. The van der Waals surface area contributed by atoms with Gasteiger partial charge < -0.3 is 24.1 Å². The first kappa shape index (κ1) is 20.5. The van der Waals surface area contributed by atoms with Gasteiger partial charge in [-0.05, 0) is 37.8 Å². The van der Waals surface area contributed by atoms with Gasteiger partial charge in [0.15, 0.2) is 5.76 Å². The first-order chi connectivity index (χ1) is 14.5. The van der Waals surface area contributed by atoms with E-state index in [2.05, 4.69) is 20.2 Å². The minimum Gasteiger partial charge on any atom is -0.493 e. The number of nitrogens with zero attached hydrogens (tertiary/aromatic N) is 2. The molecule has 8 nitrogen and oxygen atoms in total. The van der Waals surface area contributed by atoms with E-state index in [9.17, 15) is 4.79 Å². The molecule has 1 aliphatic carbocycles. The molecule has 1 saturated carbocycles. The molecule has 1 amide bonds. The Labute approximate surface area is 182 Å². The summed E-state index contributed by atoms with van der Waals surface area (Å²) in [4.78, 5) is 16.4. The molecule has 158 valence electrons. The number of thiazole rings is 1. The van der Waals surface area contributed by atoms with Gasteiger partial charge in [-0.15, -0.1) is 0 Å². The van der Waals surface area contributed by atoms with E-state index in [4.69, 9.17) is 25.6 Å². The van der Waals surface area contributed by atoms with Crippen molar-refractivity contribution in [2.24, 2.45) is 5.92 Å². The van der Waals surface area contributed by atoms with Crippen molar-refractivity contribution in [3.8, 4) is 27.3 Å². The van der Waals surface area contributed by atoms with Crippen LogP contribution in [0.4, 0.5) is 4.79 Å². The summed E-state index contributed by atoms with van der Waals surface area (Å²) < 4.78 is 21.4. The van der Waals surface area contributed by atoms with E-state index in [0.717, 1.165) is 17.2 Å². The quantitative estimate of drug-likeness (QED) is 0.488. The zero-order valence-corrected chi connectivity index (χ0v) is 18.0. The van der Waals surface area contributed by atoms with E-state index in [1.165, 1.54) is 31.3 Å². The Kier molecular flexibility index (Phi) is 6.10. The number of halogens is 1. The summed E-state index contributed by atoms with van der Waals surface area (Å²) in [6, 6.07) is 6.68. The summed E-state index contributed by atoms with van der Waals surface area (Å²) in [7, 11) is 1.30. The van der Waals surface area contributed by atoms with Crippen LogP contribution < -0.4 is 14.8 Å². The SMILES string of the molecule is COC(=O)NC(C)c1cc(-c2cnc(Oc3ccc(OCC4CC4)cc3Cl)s2)no1. The summed E-state index contributed by atoms with van der Waals surface area (Å²) in [5, 5.41) is 7.53. The van der Waals surface area contributed by atoms with Crippen molar-refractivity contribution in [3.63, 3.8) is 0 Å². The molecule has 1 aromatic carbocycles. The Bertz CT molecular complexity index is 1030. The monoisotopic (exact) mass is 449 g/mol. The lowest BCUT2D eigenvalue weighted by molar-refractivity contribution is 0.165. The number of methoxy groups -OCH3 is 1. The molecule has 3 aromatic rings. The van der Waals surface area contributed by atoms with Crippen LogP contribution in [0.25, 0.3) is 10.6 Å². The number of hydrogen-bond donors (Lipinski definition) is 1. The molecule has 0 aliphatic heterocycles. The normalized spacial score (nSPS) is 14.2. The summed E-state index contributed by atoms with van der Waals surface area (Å²) in [6.07, 6.45) is 3.56. The maximum absolute atomic E-state index is 11.3. The second kappa shape index (κ2) is 8.93. The van der Waals surface area contributed by atoms with E-state index in [0.29, 0.717) is 33.3 Å². The number of benzene rings is 1. The molecule has 2 aromatic heterocycles. The maximum Gasteiger partial charge on any atom is 0.407 e. The highest BCUT2D eigenvalue weighted by Crippen LogP contribution is 2.37. The van der Waals surface area contributed by atoms with Crippen molar-refractivity contribution in [3.05, 3.63) is 41.2 Å². The molecule has 0 radical (unpaired) electrons. The summed E-state index contributed by atoms with van der Waals surface area (Å²) in [5.74, 6) is 2.39. The number of carbonyl (C=O) groups excluding carboxylic acids is 1. The van der Waals surface area contributed by atoms with Crippen molar-refractivity contribution >= 4 is 29.0 Å². The van der Waals surface area contributed by atoms with Crippen molar-refractivity contribution in [1.29, 1.82) is 0 Å². The van der Waals surface area contributed by atoms with Gasteiger partial charge in [-0.1, -0.05) is 28.1 Å². The van der Waals surface area contributed by atoms with Crippen LogP contribution in [0.1, 0.15) is 31.6 Å². The Balaban J connectivity index is 1.40. The zero-order chi connectivity index (χ0) is 21.1. The lowest BCUT2D eigenvalue weighted by atomic mass is 10.2. The number of aromatic nitrogens is 2. The van der Waals surface area contributed by atoms with Crippen molar-refractivity contribution in [2.45, 2.75) is 25.8 Å². The topological polar surface area (TPSA) is 95.7 Å². The number of rotatable bonds is 8. The van der Waals surface area contributed by atoms with Gasteiger partial charge in [0, 0.05) is 12.1 Å². The van der Waals surface area contributed by atoms with Gasteiger partial charge in [-0.25, -0.2) is 9.78 Å². The third kappa shape index (κ3) is 5.03. The molecule has 0 bridgehead atoms. The smallest absolute Gasteiger partial charge is 0.407 e. The second-order valence-electron chi connectivity index (χ2n) is 6.91. The molecular formula is C20H20ClN3O5S. The fourth-order valence-electron chi connectivity index (χ4n) is 2.59. The van der Waals surface area contributed by atoms with E-state index in [1.807, 2.05) is 6.07 Å². The maximum atomic E-state index is 11.3. The zero-order valence-electron chi connectivity index (χ0n) is 16.4. The predicted octanol–water partition coefficient (Wildman–Crippen LogP) is 5.45. The molecule has 4 rings (SSSR count). The molecule has 2 heterocycles. The molecule has 1 aliphatic rings. The number of amides is 1. The van der Waals surface area contributed by atoms with Crippen LogP contribution in [-0.4, -0.2) is 30.0 Å². The fourth-order valence-corrected chi connectivity index (χ4v) is 3.53. The first-order valence-electron chi connectivity index (χ1n) is 9.39. The summed E-state index contributed by atoms with van der Waals surface area (Å²) >= 11 is 7.63. The van der Waals surface area contributed by atoms with Crippen LogP contribution in [0, 0.1) is 5.92 Å². The molecule has 30 heavy (non-hydrogen) atoms. The molecule has 1 fully saturated rings. The molecular weight excluding hydrogens is 430 g/mol. The number of ether oxygens (including phenoxy) is 3. The molecule has 1 atom stereocenters. The molecule has 0 saturated heterocycles. The fraction of sp³-hybridized carbons (Fsp3) is 0.350. The highest BCUT2D eigenvalue weighted by Gasteiger charge is 2.22. The minimum absolute atomic E-state index is 0.387. The second-order valence-corrected chi connectivity index (χ2v) is 8.31. The minimum atomic E-state index is -0.547. The molecule has 10 heteroatoms. The average Bonchev–Trinajstić information content (AvgIpc) is 3.23. The summed E-state index contributed by atoms with van der Waals surface area (Å²) in [6.45, 7) is 2.49. The average molecular weight is 450 g/mol. The van der Waals surface area contributed by atoms with E-state index >= 15 is 0 Å². The van der Waals surface area contributed by atoms with E-state index in [1.54, 1.807) is 31.3 Å². The van der Waals surface area contributed by atoms with Crippen molar-refractivity contribution < 1.29 is 23.5 Å². The number of alkyl carbamates (subject to hydrolysis) is 1. The third-order valence-electron chi connectivity index (χ3n) is 4.50. The number of nitrogens with one attached hydrogen (secondary N) is 1. The third-order valence-corrected chi connectivity index (χ3v) is 5.69.